The zero-order valence-corrected chi connectivity index (χ0v) is 23.0. The Morgan fingerprint density at radius 3 is 2.28 bits per heavy atom. The number of carboxylic acids is 1. The van der Waals surface area contributed by atoms with Crippen molar-refractivity contribution in [3.05, 3.63) is 88.1 Å². The summed E-state index contributed by atoms with van der Waals surface area (Å²) < 4.78 is 43.0. The van der Waals surface area contributed by atoms with Gasteiger partial charge < -0.3 is 5.11 Å². The average Bonchev–Trinajstić information content (AvgIpc) is 3.19. The number of amides is 3. The number of carboxylic acid groups (broad SMARTS) is 1. The number of nitrogens with one attached hydrogen (secondary N) is 2. The normalized spacial score (nSPS) is 15.1. The van der Waals surface area contributed by atoms with Crippen LogP contribution < -0.4 is 14.9 Å². The maximum Gasteiger partial charge on any atom is 0.323 e. The molecule has 1 aliphatic rings. The summed E-state index contributed by atoms with van der Waals surface area (Å²) in [6.45, 7) is -0.790. The molecule has 3 aromatic rings. The second-order valence-electron chi connectivity index (χ2n) is 8.29. The molecule has 0 saturated carbocycles. The molecule has 39 heavy (non-hydrogen) atoms. The first kappa shape index (κ1) is 28.3. The van der Waals surface area contributed by atoms with Gasteiger partial charge in [0, 0.05) is 15.7 Å². The third kappa shape index (κ3) is 6.82. The Hall–Kier alpha value is -3.75. The van der Waals surface area contributed by atoms with Gasteiger partial charge in [-0.15, -0.1) is 0 Å². The van der Waals surface area contributed by atoms with Crippen LogP contribution in [0.25, 0.3) is 0 Å². The zero-order chi connectivity index (χ0) is 28.3. The number of imide groups is 1. The minimum Gasteiger partial charge on any atom is -0.480 e. The number of sulfonamides is 1. The number of rotatable bonds is 9. The fraction of sp³-hybridized carbons (Fsp3) is 0.120. The molecule has 1 atom stereocenters. The summed E-state index contributed by atoms with van der Waals surface area (Å²) in [5, 5.41) is 10.4. The van der Waals surface area contributed by atoms with Crippen molar-refractivity contribution in [2.24, 2.45) is 0 Å². The van der Waals surface area contributed by atoms with Gasteiger partial charge in [-0.2, -0.15) is 0 Å². The standard InChI is InChI=1S/C25H19BrFN3O7S2/c26-16-5-10-20(19(27)12-16)30(13-22(31)32)24(34)15-3-6-17(7-4-15)29-39(36,37)18-8-1-14(2-9-18)11-21-23(33)28-25(35)38-21/h1-10,12,21,29H,11,13H2,(H,31,32)(H,28,33,35). The van der Waals surface area contributed by atoms with Gasteiger partial charge in [-0.25, -0.2) is 12.8 Å². The van der Waals surface area contributed by atoms with Crippen LogP contribution in [-0.4, -0.2) is 48.3 Å². The number of benzene rings is 3. The molecule has 10 nitrogen and oxygen atoms in total. The van der Waals surface area contributed by atoms with Crippen LogP contribution in [0.5, 0.6) is 0 Å². The van der Waals surface area contributed by atoms with E-state index in [4.69, 9.17) is 0 Å². The minimum absolute atomic E-state index is 0.0122. The Morgan fingerprint density at radius 2 is 1.72 bits per heavy atom. The van der Waals surface area contributed by atoms with E-state index < -0.39 is 50.7 Å². The van der Waals surface area contributed by atoms with E-state index >= 15 is 0 Å². The molecule has 14 heteroatoms. The van der Waals surface area contributed by atoms with E-state index in [1.165, 1.54) is 48.5 Å². The summed E-state index contributed by atoms with van der Waals surface area (Å²) in [5.41, 5.74) is 0.593. The third-order valence-corrected chi connectivity index (χ3v) is 8.42. The molecule has 0 bridgehead atoms. The van der Waals surface area contributed by atoms with E-state index in [1.807, 2.05) is 0 Å². The number of anilines is 2. The summed E-state index contributed by atoms with van der Waals surface area (Å²) in [5.74, 6) is -3.33. The Bertz CT molecular complexity index is 1570. The first-order valence-corrected chi connectivity index (χ1v) is 14.3. The van der Waals surface area contributed by atoms with Crippen molar-refractivity contribution in [1.29, 1.82) is 0 Å². The van der Waals surface area contributed by atoms with Crippen LogP contribution in [0.4, 0.5) is 20.6 Å². The van der Waals surface area contributed by atoms with Gasteiger partial charge in [0.2, 0.25) is 5.91 Å². The number of aliphatic carboxylic acids is 1. The maximum atomic E-state index is 14.5. The second kappa shape index (κ2) is 11.6. The lowest BCUT2D eigenvalue weighted by molar-refractivity contribution is -0.135. The lowest BCUT2D eigenvalue weighted by atomic mass is 10.1. The molecule has 0 aliphatic carbocycles. The van der Waals surface area contributed by atoms with Crippen LogP contribution in [-0.2, 0) is 26.0 Å². The van der Waals surface area contributed by atoms with Gasteiger partial charge in [-0.05, 0) is 66.6 Å². The molecule has 1 saturated heterocycles. The molecule has 0 radical (unpaired) electrons. The molecule has 1 heterocycles. The number of carbonyl (C=O) groups is 4. The quantitative estimate of drug-likeness (QED) is 0.319. The molecular formula is C25H19BrFN3O7S2. The van der Waals surface area contributed by atoms with Gasteiger partial charge >= 0.3 is 5.97 Å². The monoisotopic (exact) mass is 635 g/mol. The van der Waals surface area contributed by atoms with Gasteiger partial charge in [-0.1, -0.05) is 39.8 Å². The van der Waals surface area contributed by atoms with E-state index in [9.17, 15) is 37.1 Å². The van der Waals surface area contributed by atoms with Gasteiger partial charge in [0.1, 0.15) is 12.4 Å². The second-order valence-corrected chi connectivity index (χ2v) is 12.1. The molecule has 1 fully saturated rings. The molecule has 1 unspecified atom stereocenters. The molecule has 1 aliphatic heterocycles. The van der Waals surface area contributed by atoms with Crippen LogP contribution >= 0.6 is 27.7 Å². The van der Waals surface area contributed by atoms with E-state index in [1.54, 1.807) is 12.1 Å². The third-order valence-electron chi connectivity index (χ3n) is 5.54. The predicted octanol–water partition coefficient (Wildman–Crippen LogP) is 4.01. The number of hydrogen-bond acceptors (Lipinski definition) is 7. The number of halogens is 2. The largest absolute Gasteiger partial charge is 0.480 e. The topological polar surface area (TPSA) is 150 Å². The highest BCUT2D eigenvalue weighted by molar-refractivity contribution is 9.10. The lowest BCUT2D eigenvalue weighted by Crippen LogP contribution is -2.36. The summed E-state index contributed by atoms with van der Waals surface area (Å²) in [4.78, 5) is 48.2. The van der Waals surface area contributed by atoms with E-state index in [2.05, 4.69) is 26.0 Å². The minimum atomic E-state index is -4.01. The summed E-state index contributed by atoms with van der Waals surface area (Å²) in [6.07, 6.45) is 0.258. The molecule has 3 N–H and O–H groups in total. The van der Waals surface area contributed by atoms with Crippen molar-refractivity contribution in [2.75, 3.05) is 16.2 Å². The Morgan fingerprint density at radius 1 is 1.05 bits per heavy atom. The smallest absolute Gasteiger partial charge is 0.323 e. The fourth-order valence-electron chi connectivity index (χ4n) is 3.70. The van der Waals surface area contributed by atoms with Crippen molar-refractivity contribution < 1.29 is 37.1 Å². The number of hydrogen-bond donors (Lipinski definition) is 3. The van der Waals surface area contributed by atoms with E-state index in [0.29, 0.717) is 10.0 Å². The molecule has 4 rings (SSSR count). The number of nitrogens with zero attached hydrogens (tertiary/aromatic N) is 1. The van der Waals surface area contributed by atoms with E-state index in [0.717, 1.165) is 22.7 Å². The predicted molar refractivity (Wildman–Crippen MR) is 146 cm³/mol. The Balaban J connectivity index is 1.47. The van der Waals surface area contributed by atoms with Crippen molar-refractivity contribution in [2.45, 2.75) is 16.6 Å². The number of thioether (sulfide) groups is 1. The van der Waals surface area contributed by atoms with Crippen LogP contribution in [0.15, 0.2) is 76.1 Å². The summed E-state index contributed by atoms with van der Waals surface area (Å²) in [7, 11) is -4.01. The van der Waals surface area contributed by atoms with Crippen molar-refractivity contribution in [1.82, 2.24) is 5.32 Å². The Kier molecular flexibility index (Phi) is 8.37. The van der Waals surface area contributed by atoms with E-state index in [-0.39, 0.29) is 28.3 Å². The highest BCUT2D eigenvalue weighted by Crippen LogP contribution is 2.26. The molecule has 0 spiro atoms. The van der Waals surface area contributed by atoms with Gasteiger partial charge in [0.15, 0.2) is 0 Å². The molecular weight excluding hydrogens is 617 g/mol. The first-order chi connectivity index (χ1) is 18.4. The molecule has 3 aromatic carbocycles. The maximum absolute atomic E-state index is 14.5. The highest BCUT2D eigenvalue weighted by atomic mass is 79.9. The number of carbonyl (C=O) groups excluding carboxylic acids is 3. The van der Waals surface area contributed by atoms with Crippen molar-refractivity contribution in [3.63, 3.8) is 0 Å². The summed E-state index contributed by atoms with van der Waals surface area (Å²) in [6, 6.07) is 14.9. The van der Waals surface area contributed by atoms with Gasteiger partial charge in [0.05, 0.1) is 15.8 Å². The first-order valence-electron chi connectivity index (χ1n) is 11.1. The molecule has 0 aromatic heterocycles. The van der Waals surface area contributed by atoms with Gasteiger partial charge in [-0.3, -0.25) is 34.1 Å². The fourth-order valence-corrected chi connectivity index (χ4v) is 5.95. The SMILES string of the molecule is O=C(O)CN(C(=O)c1ccc(NS(=O)(=O)c2ccc(CC3SC(=O)NC3=O)cc2)cc1)c1ccc(Br)cc1F. The lowest BCUT2D eigenvalue weighted by Gasteiger charge is -2.22. The van der Waals surface area contributed by atoms with Crippen LogP contribution in [0, 0.1) is 5.82 Å². The van der Waals surface area contributed by atoms with Crippen LogP contribution in [0.2, 0.25) is 0 Å². The average molecular weight is 636 g/mol. The molecule has 202 valence electrons. The zero-order valence-electron chi connectivity index (χ0n) is 19.8. The van der Waals surface area contributed by atoms with Crippen molar-refractivity contribution in [3.8, 4) is 0 Å². The molecule has 3 amide bonds. The highest BCUT2D eigenvalue weighted by Gasteiger charge is 2.31. The van der Waals surface area contributed by atoms with Crippen LogP contribution in [0.3, 0.4) is 0 Å². The van der Waals surface area contributed by atoms with Crippen molar-refractivity contribution >= 4 is 72.1 Å². The van der Waals surface area contributed by atoms with Gasteiger partial charge in [0.25, 0.3) is 21.2 Å². The Labute approximate surface area is 234 Å². The summed E-state index contributed by atoms with van der Waals surface area (Å²) >= 11 is 3.99. The van der Waals surface area contributed by atoms with Crippen LogP contribution in [0.1, 0.15) is 15.9 Å².